The molecule has 252 valence electrons. The normalized spacial score (nSPS) is 16.6. The first kappa shape index (κ1) is 32.7. The number of imide groups is 2. The number of hydrogen-bond donors (Lipinski definition) is 0. The minimum atomic E-state index is -3.64. The molecule has 3 aliphatic heterocycles. The maximum atomic E-state index is 14.6. The van der Waals surface area contributed by atoms with Crippen molar-refractivity contribution in [3.05, 3.63) is 58.7 Å². The number of hydrogen-bond acceptors (Lipinski definition) is 4. The van der Waals surface area contributed by atoms with E-state index in [4.69, 9.17) is 0 Å². The van der Waals surface area contributed by atoms with Crippen LogP contribution >= 0.6 is 0 Å². The van der Waals surface area contributed by atoms with Gasteiger partial charge in [-0.25, -0.2) is 0 Å². The van der Waals surface area contributed by atoms with Crippen molar-refractivity contribution in [2.75, 3.05) is 0 Å². The number of fused-ring (bicyclic) bond motifs is 1. The molecule has 0 saturated carbocycles. The average Bonchev–Trinajstić information content (AvgIpc) is 3.39. The van der Waals surface area contributed by atoms with Gasteiger partial charge in [0, 0.05) is 0 Å². The van der Waals surface area contributed by atoms with Gasteiger partial charge in [-0.2, -0.15) is 0 Å². The van der Waals surface area contributed by atoms with Crippen LogP contribution in [0.15, 0.2) is 36.4 Å². The fourth-order valence-electron chi connectivity index (χ4n) is 9.99. The van der Waals surface area contributed by atoms with E-state index in [2.05, 4.69) is 65.8 Å². The first-order chi connectivity index (χ1) is 23.7. The summed E-state index contributed by atoms with van der Waals surface area (Å²) in [5.74, 6) is -0.729. The van der Waals surface area contributed by atoms with Crippen LogP contribution in [0.2, 0.25) is 8.87 Å². The number of amides is 4. The van der Waals surface area contributed by atoms with Gasteiger partial charge in [-0.3, -0.25) is 0 Å². The molecule has 49 heavy (non-hydrogen) atoms. The second-order valence-electron chi connectivity index (χ2n) is 14.7. The summed E-state index contributed by atoms with van der Waals surface area (Å²) in [4.78, 5) is 60.8. The Bertz CT molecular complexity index is 2100. The molecular formula is C42H46N2O4Sn. The summed E-state index contributed by atoms with van der Waals surface area (Å²) >= 11 is -3.64. The van der Waals surface area contributed by atoms with E-state index in [1.165, 1.54) is 17.9 Å². The topological polar surface area (TPSA) is 74.8 Å². The van der Waals surface area contributed by atoms with Gasteiger partial charge in [0.25, 0.3) is 0 Å². The molecule has 0 atom stereocenters. The molecule has 5 aromatic rings. The van der Waals surface area contributed by atoms with Crippen molar-refractivity contribution >= 4 is 92.3 Å². The third kappa shape index (κ3) is 4.07. The number of carbonyl (C=O) groups excluding carboxylic acids is 4. The van der Waals surface area contributed by atoms with E-state index in [-0.39, 0.29) is 35.7 Å². The Labute approximate surface area is 292 Å². The van der Waals surface area contributed by atoms with Crippen molar-refractivity contribution < 1.29 is 19.2 Å². The van der Waals surface area contributed by atoms with Gasteiger partial charge in [0.15, 0.2) is 0 Å². The Morgan fingerprint density at radius 1 is 0.490 bits per heavy atom. The zero-order chi connectivity index (χ0) is 34.5. The number of benzene rings is 5. The molecule has 5 aromatic carbocycles. The molecule has 4 amide bonds. The molecule has 0 radical (unpaired) electrons. The van der Waals surface area contributed by atoms with E-state index in [9.17, 15) is 19.2 Å². The van der Waals surface area contributed by atoms with Crippen molar-refractivity contribution in [3.8, 4) is 0 Å². The van der Waals surface area contributed by atoms with Gasteiger partial charge < -0.3 is 0 Å². The summed E-state index contributed by atoms with van der Waals surface area (Å²) in [6.45, 7) is 12.7. The number of rotatable bonds is 12. The summed E-state index contributed by atoms with van der Waals surface area (Å²) in [5, 5.41) is 8.05. The van der Waals surface area contributed by atoms with Crippen molar-refractivity contribution in [1.29, 1.82) is 0 Å². The number of unbranched alkanes of at least 4 members (excludes halogenated alkanes) is 2. The van der Waals surface area contributed by atoms with Crippen molar-refractivity contribution in [2.45, 2.75) is 114 Å². The quantitative estimate of drug-likeness (QED) is 0.0552. The summed E-state index contributed by atoms with van der Waals surface area (Å²) in [5.41, 5.74) is 2.57. The Morgan fingerprint density at radius 2 is 0.857 bits per heavy atom. The van der Waals surface area contributed by atoms with Crippen LogP contribution in [-0.4, -0.2) is 63.9 Å². The standard InChI is InChI=1S/C34H28N2O4.2C4H9.Sn/c1-5-17(6-2)35-31(37)23-13-9-19-21-11-15-25-30-26(34(40)36(33(25)39)18(7-3)8-4)16-12-22(28(21)30)20-10-14-24(32(35)38)29(23)27(19)20;2*1-3-4-2;/h9,11,13-18H,5-8H2,1-4H3;2*1,3-4H2,2H3;. The molecule has 7 heteroatoms. The van der Waals surface area contributed by atoms with Crippen molar-refractivity contribution in [3.63, 3.8) is 0 Å². The summed E-state index contributed by atoms with van der Waals surface area (Å²) < 4.78 is 4.95. The van der Waals surface area contributed by atoms with Crippen LogP contribution in [0.5, 0.6) is 0 Å². The van der Waals surface area contributed by atoms with Crippen molar-refractivity contribution in [1.82, 2.24) is 9.80 Å². The summed E-state index contributed by atoms with van der Waals surface area (Å²) in [6.07, 6.45) is 7.21. The van der Waals surface area contributed by atoms with Crippen LogP contribution in [-0.2, 0) is 0 Å². The fraction of sp³-hybridized carbons (Fsp3) is 0.429. The van der Waals surface area contributed by atoms with Crippen LogP contribution in [0, 0.1) is 0 Å². The second kappa shape index (κ2) is 11.8. The van der Waals surface area contributed by atoms with E-state index in [1.807, 2.05) is 12.1 Å². The molecule has 0 fully saturated rings. The Balaban J connectivity index is 1.56. The molecule has 8 rings (SSSR count). The zero-order valence-corrected chi connectivity index (χ0v) is 32.6. The second-order valence-corrected chi connectivity index (χ2v) is 26.8. The molecular weight excluding hydrogens is 715 g/mol. The summed E-state index contributed by atoms with van der Waals surface area (Å²) in [7, 11) is 0. The molecule has 3 heterocycles. The summed E-state index contributed by atoms with van der Waals surface area (Å²) in [6, 6.07) is 12.2. The Morgan fingerprint density at radius 3 is 1.20 bits per heavy atom. The van der Waals surface area contributed by atoms with Crippen LogP contribution < -0.4 is 7.16 Å². The van der Waals surface area contributed by atoms with E-state index in [1.54, 1.807) is 9.80 Å². The monoisotopic (exact) mass is 762 g/mol. The van der Waals surface area contributed by atoms with Crippen LogP contribution in [0.1, 0.15) is 134 Å². The van der Waals surface area contributed by atoms with Crippen LogP contribution in [0.3, 0.4) is 0 Å². The van der Waals surface area contributed by atoms with E-state index >= 15 is 0 Å². The fourth-order valence-corrected chi connectivity index (χ4v) is 26.6. The van der Waals surface area contributed by atoms with Crippen LogP contribution in [0.25, 0.3) is 43.1 Å². The Kier molecular flexibility index (Phi) is 7.86. The van der Waals surface area contributed by atoms with Gasteiger partial charge >= 0.3 is 294 Å². The van der Waals surface area contributed by atoms with Gasteiger partial charge in [-0.1, -0.05) is 0 Å². The SMILES string of the molecule is CCC[CH2][Sn]1([CH2]CCC)[c]2cc3c4c(ccc5c6ccc7c8c(c[c]1c(c2c45)c86)C(=O)N(C(CC)CC)C7=O)C(=O)N(C(CC)CC)C3=O. The van der Waals surface area contributed by atoms with Crippen LogP contribution in [0.4, 0.5) is 0 Å². The van der Waals surface area contributed by atoms with Gasteiger partial charge in [0.1, 0.15) is 0 Å². The number of carbonyl (C=O) groups is 4. The van der Waals surface area contributed by atoms with E-state index in [0.717, 1.165) is 66.9 Å². The zero-order valence-electron chi connectivity index (χ0n) is 29.7. The molecule has 3 aliphatic rings. The predicted molar refractivity (Wildman–Crippen MR) is 202 cm³/mol. The van der Waals surface area contributed by atoms with Gasteiger partial charge in [-0.05, 0) is 0 Å². The first-order valence-corrected chi connectivity index (χ1v) is 25.7. The molecule has 0 unspecified atom stereocenters. The van der Waals surface area contributed by atoms with Gasteiger partial charge in [0.2, 0.25) is 0 Å². The molecule has 0 spiro atoms. The first-order valence-electron chi connectivity index (χ1n) is 18.8. The Hall–Kier alpha value is -3.52. The minimum absolute atomic E-state index is 0.154. The maximum absolute atomic E-state index is 14.6. The third-order valence-electron chi connectivity index (χ3n) is 12.5. The van der Waals surface area contributed by atoms with Gasteiger partial charge in [0.05, 0.1) is 0 Å². The van der Waals surface area contributed by atoms with Gasteiger partial charge in [-0.15, -0.1) is 0 Å². The molecule has 0 aromatic heterocycles. The third-order valence-corrected chi connectivity index (χ3v) is 27.5. The molecule has 0 aliphatic carbocycles. The number of nitrogens with zero attached hydrogens (tertiary/aromatic N) is 2. The molecule has 6 nitrogen and oxygen atoms in total. The van der Waals surface area contributed by atoms with E-state index in [0.29, 0.717) is 47.9 Å². The molecule has 0 bridgehead atoms. The van der Waals surface area contributed by atoms with E-state index < -0.39 is 18.4 Å². The average molecular weight is 762 g/mol. The molecule has 0 saturated heterocycles. The molecule has 0 N–H and O–H groups in total. The van der Waals surface area contributed by atoms with Crippen molar-refractivity contribution in [2.24, 2.45) is 0 Å². The predicted octanol–water partition coefficient (Wildman–Crippen LogP) is 8.78.